The first-order valence-electron chi connectivity index (χ1n) is 7.05. The maximum atomic E-state index is 6.12. The van der Waals surface area contributed by atoms with E-state index in [1.807, 2.05) is 42.5 Å². The van der Waals surface area contributed by atoms with Crippen molar-refractivity contribution in [3.05, 3.63) is 63.9 Å². The quantitative estimate of drug-likeness (QED) is 0.682. The van der Waals surface area contributed by atoms with Gasteiger partial charge in [0.15, 0.2) is 0 Å². The molecule has 0 aliphatic carbocycles. The molecule has 0 unspecified atom stereocenters. The van der Waals surface area contributed by atoms with Gasteiger partial charge in [0.05, 0.1) is 17.6 Å². The summed E-state index contributed by atoms with van der Waals surface area (Å²) >= 11 is 12.1. The minimum Gasteiger partial charge on any atom is -0.383 e. The van der Waals surface area contributed by atoms with Gasteiger partial charge in [-0.05, 0) is 35.9 Å². The fourth-order valence-electron chi connectivity index (χ4n) is 2.50. The van der Waals surface area contributed by atoms with E-state index in [0.717, 1.165) is 34.8 Å². The molecule has 0 amide bonds. The number of methoxy groups -OCH3 is 1. The second-order valence-electron chi connectivity index (χ2n) is 5.11. The lowest BCUT2D eigenvalue weighted by atomic mass is 10.1. The summed E-state index contributed by atoms with van der Waals surface area (Å²) in [5, 5.41) is 1.45. The molecule has 0 spiro atoms. The van der Waals surface area contributed by atoms with Crippen molar-refractivity contribution in [3.8, 4) is 0 Å². The molecule has 0 saturated carbocycles. The lowest BCUT2D eigenvalue weighted by Gasteiger charge is -2.09. The van der Waals surface area contributed by atoms with Crippen LogP contribution < -0.4 is 0 Å². The summed E-state index contributed by atoms with van der Waals surface area (Å²) in [7, 11) is 1.70. The third-order valence-corrected chi connectivity index (χ3v) is 4.07. The smallest absolute Gasteiger partial charge is 0.114 e. The van der Waals surface area contributed by atoms with Crippen LogP contribution in [0.1, 0.15) is 11.4 Å². The monoisotopic (exact) mass is 334 g/mol. The standard InChI is InChI=1S/C17H16Cl2N2O/c1-22-9-8-21-16-11-14(19)6-7-15(16)20-17(21)10-12-2-4-13(18)5-3-12/h2-7,11H,8-10H2,1H3. The highest BCUT2D eigenvalue weighted by Gasteiger charge is 2.11. The summed E-state index contributed by atoms with van der Waals surface area (Å²) in [5.41, 5.74) is 3.16. The summed E-state index contributed by atoms with van der Waals surface area (Å²) in [6.45, 7) is 1.38. The van der Waals surface area contributed by atoms with E-state index in [4.69, 9.17) is 32.9 Å². The molecule has 0 aliphatic rings. The van der Waals surface area contributed by atoms with Gasteiger partial charge in [0, 0.05) is 30.1 Å². The fourth-order valence-corrected chi connectivity index (χ4v) is 2.79. The van der Waals surface area contributed by atoms with Crippen LogP contribution in [0.25, 0.3) is 11.0 Å². The molecule has 5 heteroatoms. The average Bonchev–Trinajstić information content (AvgIpc) is 2.84. The molecule has 1 heterocycles. The minimum atomic E-state index is 0.631. The largest absolute Gasteiger partial charge is 0.383 e. The molecule has 0 bridgehead atoms. The highest BCUT2D eigenvalue weighted by atomic mass is 35.5. The van der Waals surface area contributed by atoms with E-state index in [1.165, 1.54) is 5.56 Å². The van der Waals surface area contributed by atoms with E-state index < -0.39 is 0 Å². The summed E-state index contributed by atoms with van der Waals surface area (Å²) < 4.78 is 7.38. The van der Waals surface area contributed by atoms with Crippen molar-refractivity contribution in [2.45, 2.75) is 13.0 Å². The third-order valence-electron chi connectivity index (χ3n) is 3.58. The normalized spacial score (nSPS) is 11.2. The lowest BCUT2D eigenvalue weighted by molar-refractivity contribution is 0.187. The molecule has 3 nitrogen and oxygen atoms in total. The van der Waals surface area contributed by atoms with E-state index in [-0.39, 0.29) is 0 Å². The first-order valence-corrected chi connectivity index (χ1v) is 7.81. The van der Waals surface area contributed by atoms with Gasteiger partial charge in [0.1, 0.15) is 5.82 Å². The van der Waals surface area contributed by atoms with Crippen LogP contribution in [0.5, 0.6) is 0 Å². The first-order chi connectivity index (χ1) is 10.7. The summed E-state index contributed by atoms with van der Waals surface area (Å²) in [6, 6.07) is 13.6. The zero-order valence-corrected chi connectivity index (χ0v) is 13.7. The van der Waals surface area contributed by atoms with Crippen LogP contribution in [0.3, 0.4) is 0 Å². The zero-order chi connectivity index (χ0) is 15.5. The topological polar surface area (TPSA) is 27.1 Å². The molecule has 114 valence electrons. The number of nitrogens with zero attached hydrogens (tertiary/aromatic N) is 2. The van der Waals surface area contributed by atoms with E-state index in [1.54, 1.807) is 7.11 Å². The van der Waals surface area contributed by atoms with Crippen LogP contribution in [-0.4, -0.2) is 23.3 Å². The Morgan fingerprint density at radius 3 is 2.50 bits per heavy atom. The van der Waals surface area contributed by atoms with Gasteiger partial charge in [-0.1, -0.05) is 35.3 Å². The SMILES string of the molecule is COCCn1c(Cc2ccc(Cl)cc2)nc2ccc(Cl)cc21. The Bertz CT molecular complexity index is 781. The predicted octanol–water partition coefficient (Wildman–Crippen LogP) is 4.58. The van der Waals surface area contributed by atoms with Gasteiger partial charge < -0.3 is 9.30 Å². The highest BCUT2D eigenvalue weighted by Crippen LogP contribution is 2.22. The number of benzene rings is 2. The number of hydrogen-bond acceptors (Lipinski definition) is 2. The second kappa shape index (κ2) is 6.69. The Labute approximate surface area is 139 Å². The Morgan fingerprint density at radius 1 is 1.05 bits per heavy atom. The lowest BCUT2D eigenvalue weighted by Crippen LogP contribution is -2.08. The molecule has 2 aromatic carbocycles. The van der Waals surface area contributed by atoms with Crippen molar-refractivity contribution in [1.82, 2.24) is 9.55 Å². The molecule has 0 saturated heterocycles. The molecule has 0 radical (unpaired) electrons. The molecule has 0 aliphatic heterocycles. The van der Waals surface area contributed by atoms with Gasteiger partial charge in [-0.2, -0.15) is 0 Å². The van der Waals surface area contributed by atoms with Gasteiger partial charge in [-0.15, -0.1) is 0 Å². The van der Waals surface area contributed by atoms with E-state index in [0.29, 0.717) is 11.6 Å². The number of rotatable bonds is 5. The summed E-state index contributed by atoms with van der Waals surface area (Å²) in [6.07, 6.45) is 0.743. The Hall–Kier alpha value is -1.55. The third kappa shape index (κ3) is 3.27. The van der Waals surface area contributed by atoms with Gasteiger partial charge in [-0.25, -0.2) is 4.98 Å². The number of hydrogen-bond donors (Lipinski definition) is 0. The van der Waals surface area contributed by atoms with Crippen LogP contribution in [0.4, 0.5) is 0 Å². The molecular formula is C17H16Cl2N2O. The fraction of sp³-hybridized carbons (Fsp3) is 0.235. The number of imidazole rings is 1. The first kappa shape index (κ1) is 15.3. The predicted molar refractivity (Wildman–Crippen MR) is 90.9 cm³/mol. The van der Waals surface area contributed by atoms with E-state index in [2.05, 4.69) is 4.57 Å². The molecule has 0 atom stereocenters. The maximum Gasteiger partial charge on any atom is 0.114 e. The van der Waals surface area contributed by atoms with Crippen LogP contribution in [0.15, 0.2) is 42.5 Å². The van der Waals surface area contributed by atoms with Crippen LogP contribution in [0.2, 0.25) is 10.0 Å². The van der Waals surface area contributed by atoms with Gasteiger partial charge in [-0.3, -0.25) is 0 Å². The number of ether oxygens (including phenoxy) is 1. The molecule has 0 fully saturated rings. The van der Waals surface area contributed by atoms with Crippen molar-refractivity contribution in [2.75, 3.05) is 13.7 Å². The van der Waals surface area contributed by atoms with Crippen LogP contribution in [-0.2, 0) is 17.7 Å². The number of halogens is 2. The van der Waals surface area contributed by atoms with Crippen LogP contribution >= 0.6 is 23.2 Å². The second-order valence-corrected chi connectivity index (χ2v) is 5.98. The van der Waals surface area contributed by atoms with Gasteiger partial charge in [0.25, 0.3) is 0 Å². The molecular weight excluding hydrogens is 319 g/mol. The molecule has 3 rings (SSSR count). The van der Waals surface area contributed by atoms with Crippen molar-refractivity contribution < 1.29 is 4.74 Å². The Balaban J connectivity index is 2.01. The van der Waals surface area contributed by atoms with Gasteiger partial charge >= 0.3 is 0 Å². The summed E-state index contributed by atoms with van der Waals surface area (Å²) in [4.78, 5) is 4.74. The van der Waals surface area contributed by atoms with Crippen molar-refractivity contribution in [3.63, 3.8) is 0 Å². The van der Waals surface area contributed by atoms with Crippen molar-refractivity contribution >= 4 is 34.2 Å². The van der Waals surface area contributed by atoms with E-state index in [9.17, 15) is 0 Å². The Kier molecular flexibility index (Phi) is 4.67. The maximum absolute atomic E-state index is 6.12. The molecule has 0 N–H and O–H groups in total. The highest BCUT2D eigenvalue weighted by molar-refractivity contribution is 6.31. The van der Waals surface area contributed by atoms with Crippen LogP contribution in [0, 0.1) is 0 Å². The zero-order valence-electron chi connectivity index (χ0n) is 12.2. The Morgan fingerprint density at radius 2 is 1.77 bits per heavy atom. The van der Waals surface area contributed by atoms with Crippen molar-refractivity contribution in [2.24, 2.45) is 0 Å². The average molecular weight is 335 g/mol. The summed E-state index contributed by atoms with van der Waals surface area (Å²) in [5.74, 6) is 0.997. The van der Waals surface area contributed by atoms with Crippen molar-refractivity contribution in [1.29, 1.82) is 0 Å². The number of aromatic nitrogens is 2. The van der Waals surface area contributed by atoms with Gasteiger partial charge in [0.2, 0.25) is 0 Å². The molecule has 22 heavy (non-hydrogen) atoms. The minimum absolute atomic E-state index is 0.631. The number of fused-ring (bicyclic) bond motifs is 1. The van der Waals surface area contributed by atoms with E-state index >= 15 is 0 Å². The molecule has 3 aromatic rings. The molecule has 1 aromatic heterocycles.